The Morgan fingerprint density at radius 3 is 2.52 bits per heavy atom. The molecule has 1 aliphatic rings. The average Bonchev–Trinajstić information content (AvgIpc) is 2.47. The van der Waals surface area contributed by atoms with E-state index >= 15 is 0 Å². The smallest absolute Gasteiger partial charge is 0.258 e. The topological polar surface area (TPSA) is 64.6 Å². The van der Waals surface area contributed by atoms with Crippen LogP contribution in [0.15, 0.2) is 12.1 Å². The van der Waals surface area contributed by atoms with E-state index in [2.05, 4.69) is 5.32 Å². The Hall–Kier alpha value is -1.88. The van der Waals surface area contributed by atoms with Crippen LogP contribution in [0.3, 0.4) is 0 Å². The summed E-state index contributed by atoms with van der Waals surface area (Å²) in [5.74, 6) is 0.544. The lowest BCUT2D eigenvalue weighted by Crippen LogP contribution is -2.41. The first-order valence-corrected chi connectivity index (χ1v) is 7.16. The molecule has 0 radical (unpaired) electrons. The molecular formula is C16H21NO4. The first-order valence-electron chi connectivity index (χ1n) is 7.16. The van der Waals surface area contributed by atoms with Gasteiger partial charge in [0.15, 0.2) is 6.61 Å². The van der Waals surface area contributed by atoms with E-state index in [1.54, 1.807) is 12.1 Å². The Kier molecular flexibility index (Phi) is 5.33. The van der Waals surface area contributed by atoms with Crippen LogP contribution < -0.4 is 10.1 Å². The van der Waals surface area contributed by atoms with Gasteiger partial charge in [0.25, 0.3) is 5.91 Å². The summed E-state index contributed by atoms with van der Waals surface area (Å²) in [6, 6.07) is 3.69. The third-order valence-electron chi connectivity index (χ3n) is 3.55. The zero-order chi connectivity index (χ0) is 15.2. The third-order valence-corrected chi connectivity index (χ3v) is 3.55. The van der Waals surface area contributed by atoms with Crippen molar-refractivity contribution >= 4 is 12.2 Å². The van der Waals surface area contributed by atoms with Gasteiger partial charge in [0.2, 0.25) is 0 Å². The minimum atomic E-state index is -0.125. The number of carbonyl (C=O) groups excluding carboxylic acids is 2. The van der Waals surface area contributed by atoms with Crippen molar-refractivity contribution in [2.45, 2.75) is 32.7 Å². The van der Waals surface area contributed by atoms with Gasteiger partial charge in [0, 0.05) is 24.8 Å². The van der Waals surface area contributed by atoms with Crippen molar-refractivity contribution in [3.05, 3.63) is 28.8 Å². The molecule has 1 aromatic rings. The van der Waals surface area contributed by atoms with Gasteiger partial charge >= 0.3 is 0 Å². The third kappa shape index (κ3) is 4.29. The van der Waals surface area contributed by atoms with Crippen LogP contribution in [-0.2, 0) is 9.53 Å². The summed E-state index contributed by atoms with van der Waals surface area (Å²) in [4.78, 5) is 22.7. The number of hydrogen-bond donors (Lipinski definition) is 1. The predicted octanol–water partition coefficient (Wildman–Crippen LogP) is 1.79. The molecule has 0 aromatic heterocycles. The van der Waals surface area contributed by atoms with E-state index in [0.717, 1.165) is 30.3 Å². The Morgan fingerprint density at radius 2 is 1.95 bits per heavy atom. The van der Waals surface area contributed by atoms with Gasteiger partial charge in [-0.15, -0.1) is 0 Å². The van der Waals surface area contributed by atoms with Gasteiger partial charge in [-0.05, 0) is 49.9 Å². The number of hydrogen-bond acceptors (Lipinski definition) is 4. The van der Waals surface area contributed by atoms with Gasteiger partial charge in [-0.1, -0.05) is 0 Å². The zero-order valence-corrected chi connectivity index (χ0v) is 12.5. The van der Waals surface area contributed by atoms with Gasteiger partial charge < -0.3 is 14.8 Å². The van der Waals surface area contributed by atoms with E-state index in [-0.39, 0.29) is 18.6 Å². The molecule has 0 spiro atoms. The number of amides is 1. The maximum Gasteiger partial charge on any atom is 0.258 e. The SMILES string of the molecule is Cc1cc(C=O)cc(C)c1OCC(=O)NC1CCOCC1. The van der Waals surface area contributed by atoms with Gasteiger partial charge in [0.05, 0.1) is 0 Å². The van der Waals surface area contributed by atoms with Crippen LogP contribution in [-0.4, -0.2) is 38.1 Å². The van der Waals surface area contributed by atoms with Gasteiger partial charge in [-0.25, -0.2) is 0 Å². The molecule has 1 N–H and O–H groups in total. The fourth-order valence-corrected chi connectivity index (χ4v) is 2.53. The zero-order valence-electron chi connectivity index (χ0n) is 12.5. The van der Waals surface area contributed by atoms with Crippen molar-refractivity contribution in [2.24, 2.45) is 0 Å². The van der Waals surface area contributed by atoms with Crippen LogP contribution in [0.25, 0.3) is 0 Å². The molecule has 1 fully saturated rings. The highest BCUT2D eigenvalue weighted by atomic mass is 16.5. The second-order valence-electron chi connectivity index (χ2n) is 5.34. The maximum atomic E-state index is 11.9. The first-order chi connectivity index (χ1) is 10.1. The van der Waals surface area contributed by atoms with Crippen LogP contribution in [0.4, 0.5) is 0 Å². The molecule has 5 nitrogen and oxygen atoms in total. The number of ether oxygens (including phenoxy) is 2. The van der Waals surface area contributed by atoms with E-state index in [1.807, 2.05) is 13.8 Å². The van der Waals surface area contributed by atoms with Gasteiger partial charge in [-0.2, -0.15) is 0 Å². The van der Waals surface area contributed by atoms with Crippen molar-refractivity contribution in [3.8, 4) is 5.75 Å². The molecular weight excluding hydrogens is 270 g/mol. The molecule has 0 unspecified atom stereocenters. The maximum absolute atomic E-state index is 11.9. The normalized spacial score (nSPS) is 15.5. The minimum absolute atomic E-state index is 0.0144. The number of benzene rings is 1. The number of carbonyl (C=O) groups is 2. The number of rotatable bonds is 5. The second kappa shape index (κ2) is 7.22. The molecule has 2 rings (SSSR count). The monoisotopic (exact) mass is 291 g/mol. The Morgan fingerprint density at radius 1 is 1.33 bits per heavy atom. The van der Waals surface area contributed by atoms with Crippen LogP contribution >= 0.6 is 0 Å². The fourth-order valence-electron chi connectivity index (χ4n) is 2.53. The van der Waals surface area contributed by atoms with Crippen LogP contribution in [0.1, 0.15) is 34.3 Å². The quantitative estimate of drug-likeness (QED) is 0.840. The molecule has 1 aromatic carbocycles. The molecule has 1 heterocycles. The van der Waals surface area contributed by atoms with Crippen LogP contribution in [0.5, 0.6) is 5.75 Å². The van der Waals surface area contributed by atoms with E-state index in [1.165, 1.54) is 0 Å². The first kappa shape index (κ1) is 15.5. The molecule has 21 heavy (non-hydrogen) atoms. The van der Waals surface area contributed by atoms with Crippen molar-refractivity contribution in [2.75, 3.05) is 19.8 Å². The highest BCUT2D eigenvalue weighted by Gasteiger charge is 2.16. The van der Waals surface area contributed by atoms with E-state index in [0.29, 0.717) is 24.5 Å². The average molecular weight is 291 g/mol. The number of nitrogens with one attached hydrogen (secondary N) is 1. The highest BCUT2D eigenvalue weighted by Crippen LogP contribution is 2.24. The molecule has 1 amide bonds. The van der Waals surface area contributed by atoms with Gasteiger partial charge in [-0.3, -0.25) is 9.59 Å². The summed E-state index contributed by atoms with van der Waals surface area (Å²) in [7, 11) is 0. The highest BCUT2D eigenvalue weighted by molar-refractivity contribution is 5.78. The summed E-state index contributed by atoms with van der Waals surface area (Å²) in [5.41, 5.74) is 2.33. The van der Waals surface area contributed by atoms with Crippen molar-refractivity contribution in [1.82, 2.24) is 5.32 Å². The molecule has 1 saturated heterocycles. The van der Waals surface area contributed by atoms with Crippen LogP contribution in [0, 0.1) is 13.8 Å². The molecule has 0 bridgehead atoms. The summed E-state index contributed by atoms with van der Waals surface area (Å²) < 4.78 is 10.9. The molecule has 114 valence electrons. The molecule has 0 aliphatic carbocycles. The van der Waals surface area contributed by atoms with Crippen molar-refractivity contribution in [3.63, 3.8) is 0 Å². The lowest BCUT2D eigenvalue weighted by Gasteiger charge is -2.23. The lowest BCUT2D eigenvalue weighted by atomic mass is 10.1. The van der Waals surface area contributed by atoms with Crippen molar-refractivity contribution in [1.29, 1.82) is 0 Å². The summed E-state index contributed by atoms with van der Waals surface area (Å²) in [6.07, 6.45) is 2.50. The molecule has 0 saturated carbocycles. The molecule has 0 atom stereocenters. The summed E-state index contributed by atoms with van der Waals surface area (Å²) in [5, 5.41) is 2.95. The predicted molar refractivity (Wildman–Crippen MR) is 78.8 cm³/mol. The minimum Gasteiger partial charge on any atom is -0.483 e. The number of aryl methyl sites for hydroxylation is 2. The van der Waals surface area contributed by atoms with Crippen molar-refractivity contribution < 1.29 is 19.1 Å². The molecule has 5 heteroatoms. The standard InChI is InChI=1S/C16H21NO4/c1-11-7-13(9-18)8-12(2)16(11)21-10-15(19)17-14-3-5-20-6-4-14/h7-9,14H,3-6,10H2,1-2H3,(H,17,19). The van der Waals surface area contributed by atoms with Crippen LogP contribution in [0.2, 0.25) is 0 Å². The van der Waals surface area contributed by atoms with E-state index < -0.39 is 0 Å². The van der Waals surface area contributed by atoms with E-state index in [9.17, 15) is 9.59 Å². The molecule has 1 aliphatic heterocycles. The lowest BCUT2D eigenvalue weighted by molar-refractivity contribution is -0.124. The van der Waals surface area contributed by atoms with E-state index in [4.69, 9.17) is 9.47 Å². The fraction of sp³-hybridized carbons (Fsp3) is 0.500. The number of aldehydes is 1. The summed E-state index contributed by atoms with van der Waals surface area (Å²) >= 11 is 0. The van der Waals surface area contributed by atoms with Gasteiger partial charge in [0.1, 0.15) is 12.0 Å². The second-order valence-corrected chi connectivity index (χ2v) is 5.34. The Bertz CT molecular complexity index is 498. The largest absolute Gasteiger partial charge is 0.483 e. The Labute approximate surface area is 124 Å². The Balaban J connectivity index is 1.90. The summed E-state index contributed by atoms with van der Waals surface area (Å²) in [6.45, 7) is 5.10.